The summed E-state index contributed by atoms with van der Waals surface area (Å²) in [6.07, 6.45) is -0.676. The quantitative estimate of drug-likeness (QED) is 0.573. The van der Waals surface area contributed by atoms with Gasteiger partial charge in [0.15, 0.2) is 0 Å². The van der Waals surface area contributed by atoms with Gasteiger partial charge in [-0.2, -0.15) is 0 Å². The van der Waals surface area contributed by atoms with Gasteiger partial charge in [0.05, 0.1) is 12.4 Å². The lowest BCUT2D eigenvalue weighted by Crippen LogP contribution is -2.46. The Hall–Kier alpha value is -2.02. The van der Waals surface area contributed by atoms with Gasteiger partial charge in [-0.05, 0) is 36.8 Å². The van der Waals surface area contributed by atoms with E-state index < -0.39 is 12.0 Å². The van der Waals surface area contributed by atoms with Gasteiger partial charge >= 0.3 is 0 Å². The van der Waals surface area contributed by atoms with Crippen LogP contribution in [0.25, 0.3) is 0 Å². The molecule has 2 amide bonds. The van der Waals surface area contributed by atoms with Crippen LogP contribution in [0.15, 0.2) is 59.5 Å². The fraction of sp³-hybridized carbons (Fsp3) is 0.222. The maximum atomic E-state index is 11.9. The van der Waals surface area contributed by atoms with E-state index in [-0.39, 0.29) is 11.7 Å². The number of carbonyl (C=O) groups is 2. The van der Waals surface area contributed by atoms with Crippen LogP contribution in [-0.2, 0) is 20.9 Å². The van der Waals surface area contributed by atoms with E-state index >= 15 is 0 Å². The highest BCUT2D eigenvalue weighted by atomic mass is 35.5. The zero-order valence-corrected chi connectivity index (χ0v) is 15.3. The number of rotatable bonds is 7. The summed E-state index contributed by atoms with van der Waals surface area (Å²) in [5.41, 5.74) is 5.72. The molecule has 0 aliphatic carbocycles. The first-order chi connectivity index (χ1) is 12.0. The van der Waals surface area contributed by atoms with Crippen LogP contribution >= 0.6 is 23.4 Å². The first-order valence-corrected chi connectivity index (χ1v) is 9.03. The molecule has 5 nitrogen and oxygen atoms in total. The number of hydrazine groups is 1. The molecule has 0 saturated heterocycles. The third kappa shape index (κ3) is 7.17. The topological polar surface area (TPSA) is 67.4 Å². The first kappa shape index (κ1) is 19.3. The monoisotopic (exact) mass is 378 g/mol. The molecule has 0 bridgehead atoms. The van der Waals surface area contributed by atoms with Crippen LogP contribution in [0, 0.1) is 0 Å². The lowest BCUT2D eigenvalue weighted by atomic mass is 10.2. The predicted molar refractivity (Wildman–Crippen MR) is 99.2 cm³/mol. The number of hydrogen-bond donors (Lipinski definition) is 2. The van der Waals surface area contributed by atoms with Crippen molar-refractivity contribution < 1.29 is 14.3 Å². The summed E-state index contributed by atoms with van der Waals surface area (Å²) in [4.78, 5) is 24.6. The second kappa shape index (κ2) is 10.1. The SMILES string of the molecule is CC(OCc1ccccc1)C(=O)NNC(=O)CSc1ccc(Cl)cc1. The number of ether oxygens (including phenoxy) is 1. The van der Waals surface area contributed by atoms with Crippen LogP contribution in [0.5, 0.6) is 0 Å². The zero-order chi connectivity index (χ0) is 18.1. The maximum absolute atomic E-state index is 11.9. The van der Waals surface area contributed by atoms with Crippen LogP contribution in [0.4, 0.5) is 0 Å². The van der Waals surface area contributed by atoms with E-state index in [0.717, 1.165) is 10.5 Å². The minimum absolute atomic E-state index is 0.182. The molecule has 0 aliphatic rings. The maximum Gasteiger partial charge on any atom is 0.267 e. The van der Waals surface area contributed by atoms with Crippen molar-refractivity contribution in [1.29, 1.82) is 0 Å². The summed E-state index contributed by atoms with van der Waals surface area (Å²) in [5.74, 6) is -0.523. The van der Waals surface area contributed by atoms with Gasteiger partial charge in [0.2, 0.25) is 5.91 Å². The number of halogens is 1. The molecule has 132 valence electrons. The van der Waals surface area contributed by atoms with Crippen LogP contribution in [0.2, 0.25) is 5.02 Å². The summed E-state index contributed by atoms with van der Waals surface area (Å²) in [6, 6.07) is 16.7. The molecule has 7 heteroatoms. The molecule has 2 N–H and O–H groups in total. The summed E-state index contributed by atoms with van der Waals surface area (Å²) in [6.45, 7) is 1.96. The Morgan fingerprint density at radius 1 is 1.08 bits per heavy atom. The van der Waals surface area contributed by atoms with E-state index in [0.29, 0.717) is 11.6 Å². The van der Waals surface area contributed by atoms with Crippen molar-refractivity contribution in [3.05, 3.63) is 65.2 Å². The second-order valence-corrected chi connectivity index (χ2v) is 6.70. The Bertz CT molecular complexity index is 695. The fourth-order valence-electron chi connectivity index (χ4n) is 1.82. The van der Waals surface area contributed by atoms with E-state index in [2.05, 4.69) is 10.9 Å². The van der Waals surface area contributed by atoms with Crippen molar-refractivity contribution in [1.82, 2.24) is 10.9 Å². The predicted octanol–water partition coefficient (Wildman–Crippen LogP) is 3.18. The second-order valence-electron chi connectivity index (χ2n) is 5.22. The summed E-state index contributed by atoms with van der Waals surface area (Å²) in [7, 11) is 0. The molecule has 0 spiro atoms. The van der Waals surface area contributed by atoms with Crippen molar-refractivity contribution in [3.8, 4) is 0 Å². The highest BCUT2D eigenvalue weighted by Gasteiger charge is 2.14. The van der Waals surface area contributed by atoms with Crippen LogP contribution in [0.1, 0.15) is 12.5 Å². The smallest absolute Gasteiger partial charge is 0.267 e. The molecule has 0 saturated carbocycles. The average molecular weight is 379 g/mol. The van der Waals surface area contributed by atoms with Crippen LogP contribution < -0.4 is 10.9 Å². The van der Waals surface area contributed by atoms with Crippen LogP contribution in [0.3, 0.4) is 0 Å². The number of benzene rings is 2. The van der Waals surface area contributed by atoms with E-state index in [1.54, 1.807) is 19.1 Å². The Morgan fingerprint density at radius 3 is 2.44 bits per heavy atom. The summed E-state index contributed by atoms with van der Waals surface area (Å²) in [5, 5.41) is 0.644. The molecule has 0 aromatic heterocycles. The van der Waals surface area contributed by atoms with Gasteiger partial charge in [-0.3, -0.25) is 20.4 Å². The Morgan fingerprint density at radius 2 is 1.76 bits per heavy atom. The Labute approximate surface area is 156 Å². The average Bonchev–Trinajstić information content (AvgIpc) is 2.64. The molecule has 1 atom stereocenters. The number of nitrogens with one attached hydrogen (secondary N) is 2. The van der Waals surface area contributed by atoms with Gasteiger partial charge in [0, 0.05) is 9.92 Å². The van der Waals surface area contributed by atoms with Crippen molar-refractivity contribution in [2.75, 3.05) is 5.75 Å². The molecule has 0 aliphatic heterocycles. The molecular weight excluding hydrogens is 360 g/mol. The Kier molecular flexibility index (Phi) is 7.78. The molecular formula is C18H19ClN2O3S. The molecule has 0 heterocycles. The normalized spacial score (nSPS) is 11.6. The van der Waals surface area contributed by atoms with E-state index in [4.69, 9.17) is 16.3 Å². The Balaban J connectivity index is 1.66. The van der Waals surface area contributed by atoms with Gasteiger partial charge in [-0.15, -0.1) is 11.8 Å². The third-order valence-electron chi connectivity index (χ3n) is 3.22. The molecule has 0 radical (unpaired) electrons. The molecule has 0 fully saturated rings. The van der Waals surface area contributed by atoms with Gasteiger partial charge in [0.25, 0.3) is 5.91 Å². The number of amides is 2. The van der Waals surface area contributed by atoms with Crippen molar-refractivity contribution in [2.24, 2.45) is 0 Å². The lowest BCUT2D eigenvalue weighted by molar-refractivity contribution is -0.136. The number of carbonyl (C=O) groups excluding carboxylic acids is 2. The lowest BCUT2D eigenvalue weighted by Gasteiger charge is -2.14. The minimum atomic E-state index is -0.676. The van der Waals surface area contributed by atoms with E-state index in [1.807, 2.05) is 42.5 Å². The largest absolute Gasteiger partial charge is 0.364 e. The van der Waals surface area contributed by atoms with Gasteiger partial charge < -0.3 is 4.74 Å². The number of hydrogen-bond acceptors (Lipinski definition) is 4. The van der Waals surface area contributed by atoms with E-state index in [1.165, 1.54) is 11.8 Å². The summed E-state index contributed by atoms with van der Waals surface area (Å²) >= 11 is 7.16. The minimum Gasteiger partial charge on any atom is -0.364 e. The van der Waals surface area contributed by atoms with Gasteiger partial charge in [-0.1, -0.05) is 41.9 Å². The molecule has 1 unspecified atom stereocenters. The highest BCUT2D eigenvalue weighted by molar-refractivity contribution is 8.00. The molecule has 2 aromatic rings. The molecule has 2 rings (SSSR count). The van der Waals surface area contributed by atoms with E-state index in [9.17, 15) is 9.59 Å². The van der Waals surface area contributed by atoms with Crippen molar-refractivity contribution in [3.63, 3.8) is 0 Å². The molecule has 2 aromatic carbocycles. The van der Waals surface area contributed by atoms with Gasteiger partial charge in [-0.25, -0.2) is 0 Å². The standard InChI is InChI=1S/C18H19ClN2O3S/c1-13(24-11-14-5-3-2-4-6-14)18(23)21-20-17(22)12-25-16-9-7-15(19)8-10-16/h2-10,13H,11-12H2,1H3,(H,20,22)(H,21,23). The third-order valence-corrected chi connectivity index (χ3v) is 4.48. The van der Waals surface area contributed by atoms with Gasteiger partial charge in [0.1, 0.15) is 6.10 Å². The first-order valence-electron chi connectivity index (χ1n) is 7.67. The van der Waals surface area contributed by atoms with Crippen molar-refractivity contribution >= 4 is 35.2 Å². The fourth-order valence-corrected chi connectivity index (χ4v) is 2.64. The molecule has 25 heavy (non-hydrogen) atoms. The van der Waals surface area contributed by atoms with Crippen LogP contribution in [-0.4, -0.2) is 23.7 Å². The highest BCUT2D eigenvalue weighted by Crippen LogP contribution is 2.19. The zero-order valence-electron chi connectivity index (χ0n) is 13.7. The number of thioether (sulfide) groups is 1. The summed E-state index contributed by atoms with van der Waals surface area (Å²) < 4.78 is 5.48. The van der Waals surface area contributed by atoms with Crippen molar-refractivity contribution in [2.45, 2.75) is 24.5 Å².